The van der Waals surface area contributed by atoms with Gasteiger partial charge in [0.2, 0.25) is 0 Å². The van der Waals surface area contributed by atoms with E-state index in [1.165, 1.54) is 19.3 Å². The number of aliphatic hydroxyl groups excluding tert-OH is 1. The van der Waals surface area contributed by atoms with Gasteiger partial charge in [-0.05, 0) is 24.8 Å². The van der Waals surface area contributed by atoms with Gasteiger partial charge in [0.25, 0.3) is 0 Å². The van der Waals surface area contributed by atoms with Crippen molar-refractivity contribution in [3.05, 3.63) is 42.5 Å². The highest BCUT2D eigenvalue weighted by Gasteiger charge is 2.31. The summed E-state index contributed by atoms with van der Waals surface area (Å²) >= 11 is 0. The Bertz CT molecular complexity index is 384. The number of rotatable bonds is 9. The Labute approximate surface area is 125 Å². The third-order valence-electron chi connectivity index (χ3n) is 4.21. The maximum Gasteiger partial charge on any atom is 0.0873 e. The topological polar surface area (TPSA) is 20.2 Å². The summed E-state index contributed by atoms with van der Waals surface area (Å²) in [6.45, 7) is 7.53. The molecule has 0 fully saturated rings. The molecule has 1 aromatic rings. The molecule has 1 rings (SSSR count). The van der Waals surface area contributed by atoms with Gasteiger partial charge in [-0.25, -0.2) is 0 Å². The Hall–Kier alpha value is -0.863. The summed E-state index contributed by atoms with van der Waals surface area (Å²) in [7, 11) is -1.46. The van der Waals surface area contributed by atoms with Crippen molar-refractivity contribution < 1.29 is 5.11 Å². The number of hydrogen-bond donors (Lipinski definition) is 1. The fourth-order valence-electron chi connectivity index (χ4n) is 2.67. The van der Waals surface area contributed by atoms with Gasteiger partial charge in [-0.1, -0.05) is 80.5 Å². The Morgan fingerprint density at radius 1 is 1.15 bits per heavy atom. The number of unbranched alkanes of at least 4 members (excludes halogenated alkanes) is 2. The molecule has 0 aliphatic carbocycles. The van der Waals surface area contributed by atoms with Crippen LogP contribution >= 0.6 is 0 Å². The maximum absolute atomic E-state index is 8.89. The molecule has 112 valence electrons. The van der Waals surface area contributed by atoms with Gasteiger partial charge < -0.3 is 5.11 Å². The summed E-state index contributed by atoms with van der Waals surface area (Å²) in [5, 5.41) is 10.4. The molecule has 0 amide bonds. The van der Waals surface area contributed by atoms with Crippen LogP contribution in [-0.2, 0) is 0 Å². The molecule has 1 atom stereocenters. The molecule has 0 saturated heterocycles. The minimum absolute atomic E-state index is 0.295. The summed E-state index contributed by atoms with van der Waals surface area (Å²) in [5.74, 6) is 0. The van der Waals surface area contributed by atoms with Crippen LogP contribution < -0.4 is 5.19 Å². The van der Waals surface area contributed by atoms with Crippen LogP contribution in [0.5, 0.6) is 0 Å². The highest BCUT2D eigenvalue weighted by Crippen LogP contribution is 2.29. The highest BCUT2D eigenvalue weighted by atomic mass is 28.3. The molecular formula is C18H30OSi. The standard InChI is InChI=1S/C18H30OSi/c1-4-5-12-17(15-10-7-11-16-19)20(2,3)18-13-8-6-9-14-18/h6,8-10,13-15,17,19H,4-5,7,11-12,16H2,1-3H3/b15-10+. The normalized spacial score (nSPS) is 13.8. The summed E-state index contributed by atoms with van der Waals surface area (Å²) < 4.78 is 0. The molecule has 0 spiro atoms. The highest BCUT2D eigenvalue weighted by molar-refractivity contribution is 6.91. The third-order valence-corrected chi connectivity index (χ3v) is 8.37. The van der Waals surface area contributed by atoms with E-state index in [9.17, 15) is 0 Å². The molecule has 0 aliphatic rings. The van der Waals surface area contributed by atoms with Crippen LogP contribution in [0, 0.1) is 0 Å². The van der Waals surface area contributed by atoms with E-state index < -0.39 is 8.07 Å². The van der Waals surface area contributed by atoms with Crippen LogP contribution in [0.3, 0.4) is 0 Å². The molecule has 1 nitrogen and oxygen atoms in total. The number of aliphatic hydroxyl groups is 1. The minimum Gasteiger partial charge on any atom is -0.396 e. The Kier molecular flexibility index (Phi) is 7.86. The van der Waals surface area contributed by atoms with E-state index in [4.69, 9.17) is 5.11 Å². The quantitative estimate of drug-likeness (QED) is 0.403. The smallest absolute Gasteiger partial charge is 0.0873 e. The number of benzene rings is 1. The lowest BCUT2D eigenvalue weighted by Crippen LogP contribution is -2.45. The zero-order valence-electron chi connectivity index (χ0n) is 13.3. The summed E-state index contributed by atoms with van der Waals surface area (Å²) in [5.41, 5.74) is 0.698. The molecule has 0 heterocycles. The Morgan fingerprint density at radius 3 is 2.45 bits per heavy atom. The van der Waals surface area contributed by atoms with Crippen molar-refractivity contribution in [3.63, 3.8) is 0 Å². The third kappa shape index (κ3) is 5.26. The van der Waals surface area contributed by atoms with Gasteiger partial charge in [-0.3, -0.25) is 0 Å². The summed E-state index contributed by atoms with van der Waals surface area (Å²) in [6.07, 6.45) is 10.5. The van der Waals surface area contributed by atoms with Crippen LogP contribution in [0.15, 0.2) is 42.5 Å². The summed E-state index contributed by atoms with van der Waals surface area (Å²) in [6, 6.07) is 11.0. The summed E-state index contributed by atoms with van der Waals surface area (Å²) in [4.78, 5) is 0. The first kappa shape index (κ1) is 17.2. The first-order valence-corrected chi connectivity index (χ1v) is 11.0. The second-order valence-corrected chi connectivity index (χ2v) is 10.9. The zero-order valence-corrected chi connectivity index (χ0v) is 14.3. The van der Waals surface area contributed by atoms with Gasteiger partial charge in [-0.2, -0.15) is 0 Å². The van der Waals surface area contributed by atoms with Gasteiger partial charge in [-0.15, -0.1) is 0 Å². The molecule has 1 unspecified atom stereocenters. The van der Waals surface area contributed by atoms with Crippen molar-refractivity contribution >= 4 is 13.3 Å². The molecule has 1 aromatic carbocycles. The molecule has 0 bridgehead atoms. The van der Waals surface area contributed by atoms with E-state index in [-0.39, 0.29) is 0 Å². The largest absolute Gasteiger partial charge is 0.396 e. The first-order chi connectivity index (χ1) is 9.62. The molecule has 0 aromatic heterocycles. The molecule has 20 heavy (non-hydrogen) atoms. The predicted octanol–water partition coefficient (Wildman–Crippen LogP) is 4.49. The Balaban J connectivity index is 2.82. The molecule has 1 N–H and O–H groups in total. The van der Waals surface area contributed by atoms with Gasteiger partial charge in [0.15, 0.2) is 0 Å². The van der Waals surface area contributed by atoms with Gasteiger partial charge in [0.1, 0.15) is 0 Å². The van der Waals surface area contributed by atoms with Gasteiger partial charge in [0.05, 0.1) is 8.07 Å². The average Bonchev–Trinajstić information content (AvgIpc) is 2.47. The maximum atomic E-state index is 8.89. The molecule has 0 radical (unpaired) electrons. The van der Waals surface area contributed by atoms with Crippen LogP contribution in [0.4, 0.5) is 0 Å². The lowest BCUT2D eigenvalue weighted by Gasteiger charge is -2.31. The molecule has 0 saturated carbocycles. The van der Waals surface area contributed by atoms with Crippen molar-refractivity contribution in [1.29, 1.82) is 0 Å². The van der Waals surface area contributed by atoms with Crippen LogP contribution in [-0.4, -0.2) is 19.8 Å². The van der Waals surface area contributed by atoms with Crippen LogP contribution in [0.25, 0.3) is 0 Å². The second-order valence-electron chi connectivity index (χ2n) is 6.13. The monoisotopic (exact) mass is 290 g/mol. The minimum atomic E-state index is -1.46. The lowest BCUT2D eigenvalue weighted by atomic mass is 10.2. The zero-order chi connectivity index (χ0) is 14.8. The average molecular weight is 291 g/mol. The fraction of sp³-hybridized carbons (Fsp3) is 0.556. The first-order valence-electron chi connectivity index (χ1n) is 7.96. The molecule has 2 heteroatoms. The van der Waals surface area contributed by atoms with Crippen LogP contribution in [0.2, 0.25) is 18.6 Å². The van der Waals surface area contributed by atoms with E-state index in [0.29, 0.717) is 12.1 Å². The van der Waals surface area contributed by atoms with Crippen molar-refractivity contribution in [2.24, 2.45) is 0 Å². The van der Waals surface area contributed by atoms with E-state index >= 15 is 0 Å². The van der Waals surface area contributed by atoms with E-state index in [2.05, 4.69) is 62.5 Å². The van der Waals surface area contributed by atoms with E-state index in [1.54, 1.807) is 5.19 Å². The fourth-order valence-corrected chi connectivity index (χ4v) is 5.70. The SMILES string of the molecule is CCCCC(/C=C/CCCO)[Si](C)(C)c1ccccc1. The van der Waals surface area contributed by atoms with Crippen LogP contribution in [0.1, 0.15) is 39.0 Å². The predicted molar refractivity (Wildman–Crippen MR) is 92.3 cm³/mol. The van der Waals surface area contributed by atoms with Gasteiger partial charge >= 0.3 is 0 Å². The van der Waals surface area contributed by atoms with Crippen molar-refractivity contribution in [2.45, 2.75) is 57.7 Å². The van der Waals surface area contributed by atoms with Gasteiger partial charge in [0, 0.05) is 6.61 Å². The number of allylic oxidation sites excluding steroid dienone is 2. The van der Waals surface area contributed by atoms with E-state index in [0.717, 1.165) is 12.8 Å². The van der Waals surface area contributed by atoms with Crippen molar-refractivity contribution in [3.8, 4) is 0 Å². The van der Waals surface area contributed by atoms with E-state index in [1.807, 2.05) is 0 Å². The van der Waals surface area contributed by atoms with Crippen molar-refractivity contribution in [2.75, 3.05) is 6.61 Å². The Morgan fingerprint density at radius 2 is 1.85 bits per heavy atom. The second kappa shape index (κ2) is 9.14. The lowest BCUT2D eigenvalue weighted by molar-refractivity contribution is 0.289. The molecular weight excluding hydrogens is 260 g/mol. The van der Waals surface area contributed by atoms with Crippen molar-refractivity contribution in [1.82, 2.24) is 0 Å². The number of hydrogen-bond acceptors (Lipinski definition) is 1. The molecule has 0 aliphatic heterocycles.